The Balaban J connectivity index is 0.00000529. The van der Waals surface area contributed by atoms with Crippen LogP contribution in [0.25, 0.3) is 0 Å². The summed E-state index contributed by atoms with van der Waals surface area (Å²) < 4.78 is 57.3. The van der Waals surface area contributed by atoms with Gasteiger partial charge in [-0.2, -0.15) is 0 Å². The predicted molar refractivity (Wildman–Crippen MR) is 188 cm³/mol. The van der Waals surface area contributed by atoms with Crippen LogP contribution in [0, 0.1) is 0 Å². The predicted octanol–water partition coefficient (Wildman–Crippen LogP) is 4.89. The summed E-state index contributed by atoms with van der Waals surface area (Å²) in [5, 5.41) is 0. The molecule has 0 radical (unpaired) electrons. The van der Waals surface area contributed by atoms with Crippen LogP contribution in [0.2, 0.25) is 0 Å². The van der Waals surface area contributed by atoms with Gasteiger partial charge in [-0.25, -0.2) is 26.3 Å². The van der Waals surface area contributed by atoms with Crippen LogP contribution in [0.5, 0.6) is 0 Å². The number of benzene rings is 2. The molecule has 0 amide bonds. The normalized spacial score (nSPS) is 12.9. The SMILES string of the molecule is CCCN(CCC)CCCNS(=O)(=O)c1ccc2c(c1)C(=O)c1ccc(S(=O)(=O)NCCCN(CCC)CCC)cc1C2=O.Cl.Cl. The van der Waals surface area contributed by atoms with E-state index >= 15 is 0 Å². The van der Waals surface area contributed by atoms with E-state index in [4.69, 9.17) is 0 Å². The number of fused-ring (bicyclic) bond motifs is 2. The van der Waals surface area contributed by atoms with Crippen molar-refractivity contribution in [2.24, 2.45) is 0 Å². The molecular weight excluding hydrogens is 671 g/mol. The fourth-order valence-electron chi connectivity index (χ4n) is 5.56. The highest BCUT2D eigenvalue weighted by atomic mass is 35.5. The van der Waals surface area contributed by atoms with Crippen LogP contribution in [0.3, 0.4) is 0 Å². The lowest BCUT2D eigenvalue weighted by atomic mass is 9.84. The number of carbonyl (C=O) groups is 2. The molecule has 3 rings (SSSR count). The quantitative estimate of drug-likeness (QED) is 0.158. The molecule has 1 aliphatic rings. The van der Waals surface area contributed by atoms with Crippen LogP contribution in [0.4, 0.5) is 0 Å². The standard InChI is InChI=1S/C32H48N4O6S2.2ClH/c1-5-17-35(18-6-2)21-9-15-33-43(39,40)25-11-13-27-29(23-25)31(37)28-14-12-26(24-30(28)32(27)38)44(41,42)34-16-10-22-36(19-7-3)20-8-4;;/h11-14,23-24,33-34H,5-10,15-22H2,1-4H3;2*1H. The average Bonchev–Trinajstić information content (AvgIpc) is 3.00. The van der Waals surface area contributed by atoms with Gasteiger partial charge >= 0.3 is 0 Å². The van der Waals surface area contributed by atoms with E-state index < -0.39 is 31.6 Å². The zero-order valence-electron chi connectivity index (χ0n) is 27.3. The van der Waals surface area contributed by atoms with Gasteiger partial charge in [0.05, 0.1) is 9.79 Å². The maximum atomic E-state index is 13.4. The number of sulfonamides is 2. The highest BCUT2D eigenvalue weighted by Crippen LogP contribution is 2.30. The van der Waals surface area contributed by atoms with Gasteiger partial charge in [-0.3, -0.25) is 9.59 Å². The first kappa shape index (κ1) is 42.1. The number of ketones is 2. The second kappa shape index (κ2) is 19.8. The smallest absolute Gasteiger partial charge is 0.240 e. The van der Waals surface area contributed by atoms with E-state index in [1.807, 2.05) is 0 Å². The van der Waals surface area contributed by atoms with Crippen molar-refractivity contribution < 1.29 is 26.4 Å². The Bertz CT molecular complexity index is 1390. The van der Waals surface area contributed by atoms with Gasteiger partial charge in [0.25, 0.3) is 0 Å². The van der Waals surface area contributed by atoms with Gasteiger partial charge in [-0.05, 0) is 114 Å². The van der Waals surface area contributed by atoms with Gasteiger partial charge in [-0.1, -0.05) is 27.7 Å². The Kier molecular flexibility index (Phi) is 18.1. The number of carbonyl (C=O) groups excluding carboxylic acids is 2. The van der Waals surface area contributed by atoms with Crippen LogP contribution in [0.1, 0.15) is 98.1 Å². The molecule has 0 aliphatic heterocycles. The minimum absolute atomic E-state index is 0. The molecule has 0 bridgehead atoms. The molecule has 14 heteroatoms. The summed E-state index contributed by atoms with van der Waals surface area (Å²) in [6.45, 7) is 14.4. The topological polar surface area (TPSA) is 133 Å². The molecule has 2 aromatic carbocycles. The fraction of sp³-hybridized carbons (Fsp3) is 0.562. The number of rotatable bonds is 20. The molecule has 0 spiro atoms. The van der Waals surface area contributed by atoms with Crippen LogP contribution < -0.4 is 9.44 Å². The molecule has 260 valence electrons. The molecule has 2 N–H and O–H groups in total. The summed E-state index contributed by atoms with van der Waals surface area (Å²) in [6, 6.07) is 7.73. The largest absolute Gasteiger partial charge is 0.303 e. The number of hydrogen-bond donors (Lipinski definition) is 2. The van der Waals surface area contributed by atoms with Gasteiger partial charge in [0, 0.05) is 35.3 Å². The molecule has 10 nitrogen and oxygen atoms in total. The third-order valence-electron chi connectivity index (χ3n) is 7.63. The van der Waals surface area contributed by atoms with E-state index in [0.717, 1.165) is 65.0 Å². The highest BCUT2D eigenvalue weighted by molar-refractivity contribution is 7.89. The Hall–Kier alpha value is -1.90. The summed E-state index contributed by atoms with van der Waals surface area (Å²) in [5.41, 5.74) is 0.0658. The Morgan fingerprint density at radius 2 is 0.848 bits per heavy atom. The second-order valence-electron chi connectivity index (χ2n) is 11.3. The van der Waals surface area contributed by atoms with Gasteiger partial charge < -0.3 is 9.80 Å². The van der Waals surface area contributed by atoms with Crippen molar-refractivity contribution in [3.05, 3.63) is 58.7 Å². The van der Waals surface area contributed by atoms with Crippen LogP contribution in [-0.2, 0) is 20.0 Å². The summed E-state index contributed by atoms with van der Waals surface area (Å²) in [7, 11) is -7.81. The summed E-state index contributed by atoms with van der Waals surface area (Å²) in [5.74, 6) is -1.05. The van der Waals surface area contributed by atoms with Crippen molar-refractivity contribution in [1.29, 1.82) is 0 Å². The molecule has 2 aromatic rings. The number of halogens is 2. The number of hydrogen-bond acceptors (Lipinski definition) is 8. The van der Waals surface area contributed by atoms with E-state index in [2.05, 4.69) is 46.9 Å². The maximum Gasteiger partial charge on any atom is 0.240 e. The second-order valence-corrected chi connectivity index (χ2v) is 14.8. The van der Waals surface area contributed by atoms with Gasteiger partial charge in [0.2, 0.25) is 20.0 Å². The van der Waals surface area contributed by atoms with Crippen molar-refractivity contribution in [2.45, 2.75) is 76.0 Å². The first-order valence-corrected chi connectivity index (χ1v) is 18.8. The van der Waals surface area contributed by atoms with Crippen molar-refractivity contribution in [1.82, 2.24) is 19.2 Å². The molecule has 0 unspecified atom stereocenters. The van der Waals surface area contributed by atoms with Crippen molar-refractivity contribution >= 4 is 56.4 Å². The number of nitrogens with zero attached hydrogens (tertiary/aromatic N) is 2. The van der Waals surface area contributed by atoms with E-state index in [1.54, 1.807) is 0 Å². The molecule has 0 saturated carbocycles. The third kappa shape index (κ3) is 11.1. The van der Waals surface area contributed by atoms with Crippen LogP contribution in [0.15, 0.2) is 46.2 Å². The Morgan fingerprint density at radius 3 is 1.15 bits per heavy atom. The van der Waals surface area contributed by atoms with Gasteiger partial charge in [-0.15, -0.1) is 24.8 Å². The number of nitrogens with one attached hydrogen (secondary N) is 2. The minimum atomic E-state index is -3.91. The highest BCUT2D eigenvalue weighted by Gasteiger charge is 2.32. The zero-order valence-corrected chi connectivity index (χ0v) is 30.6. The van der Waals surface area contributed by atoms with E-state index in [-0.39, 0.29) is 69.9 Å². The van der Waals surface area contributed by atoms with Crippen molar-refractivity contribution in [2.75, 3.05) is 52.4 Å². The maximum absolute atomic E-state index is 13.4. The van der Waals surface area contributed by atoms with Gasteiger partial charge in [0.15, 0.2) is 11.6 Å². The van der Waals surface area contributed by atoms with Crippen molar-refractivity contribution in [3.63, 3.8) is 0 Å². The van der Waals surface area contributed by atoms with E-state index in [9.17, 15) is 26.4 Å². The Morgan fingerprint density at radius 1 is 0.522 bits per heavy atom. The fourth-order valence-corrected chi connectivity index (χ4v) is 7.76. The van der Waals surface area contributed by atoms with E-state index in [1.165, 1.54) is 36.4 Å². The third-order valence-corrected chi connectivity index (χ3v) is 10.5. The summed E-state index contributed by atoms with van der Waals surface area (Å²) in [6.07, 6.45) is 5.41. The molecule has 1 aliphatic carbocycles. The lowest BCUT2D eigenvalue weighted by molar-refractivity contribution is 0.0978. The molecule has 0 atom stereocenters. The summed E-state index contributed by atoms with van der Waals surface area (Å²) >= 11 is 0. The lowest BCUT2D eigenvalue weighted by Gasteiger charge is -2.21. The minimum Gasteiger partial charge on any atom is -0.303 e. The molecule has 46 heavy (non-hydrogen) atoms. The van der Waals surface area contributed by atoms with Crippen LogP contribution in [-0.4, -0.2) is 90.6 Å². The first-order valence-electron chi connectivity index (χ1n) is 15.8. The lowest BCUT2D eigenvalue weighted by Crippen LogP contribution is -2.31. The van der Waals surface area contributed by atoms with Crippen molar-refractivity contribution in [3.8, 4) is 0 Å². The average molecular weight is 722 g/mol. The van der Waals surface area contributed by atoms with Crippen LogP contribution >= 0.6 is 24.8 Å². The molecule has 0 fully saturated rings. The zero-order chi connectivity index (χ0) is 32.3. The monoisotopic (exact) mass is 720 g/mol. The Labute approximate surface area is 288 Å². The first-order chi connectivity index (χ1) is 21.0. The molecule has 0 saturated heterocycles. The molecule has 0 heterocycles. The summed E-state index contributed by atoms with van der Waals surface area (Å²) in [4.78, 5) is 31.2. The molecular formula is C32H50Cl2N4O6S2. The van der Waals surface area contributed by atoms with Gasteiger partial charge in [0.1, 0.15) is 0 Å². The van der Waals surface area contributed by atoms with E-state index in [0.29, 0.717) is 12.8 Å². The molecule has 0 aromatic heterocycles.